The summed E-state index contributed by atoms with van der Waals surface area (Å²) in [4.78, 5) is 10.9. The molecule has 0 saturated carbocycles. The van der Waals surface area contributed by atoms with Crippen LogP contribution < -0.4 is 4.74 Å². The SMILES string of the molecule is COc1cc(C)ccc1C(=O)S. The molecule has 0 saturated heterocycles. The molecule has 12 heavy (non-hydrogen) atoms. The molecule has 0 aliphatic rings. The normalized spacial score (nSPS) is 9.58. The quantitative estimate of drug-likeness (QED) is 0.709. The Morgan fingerprint density at radius 1 is 1.50 bits per heavy atom. The molecule has 2 nitrogen and oxygen atoms in total. The molecule has 0 radical (unpaired) electrons. The number of hydrogen-bond acceptors (Lipinski definition) is 2. The summed E-state index contributed by atoms with van der Waals surface area (Å²) < 4.78 is 5.02. The summed E-state index contributed by atoms with van der Waals surface area (Å²) in [6.45, 7) is 1.94. The molecular weight excluding hydrogens is 172 g/mol. The van der Waals surface area contributed by atoms with Crippen LogP contribution in [0.5, 0.6) is 5.75 Å². The zero-order chi connectivity index (χ0) is 9.14. The maximum Gasteiger partial charge on any atom is 0.220 e. The second-order valence-electron chi connectivity index (χ2n) is 2.51. The maximum atomic E-state index is 10.9. The van der Waals surface area contributed by atoms with Crippen LogP contribution in [0, 0.1) is 6.92 Å². The smallest absolute Gasteiger partial charge is 0.220 e. The van der Waals surface area contributed by atoms with Crippen molar-refractivity contribution in [1.82, 2.24) is 0 Å². The van der Waals surface area contributed by atoms with Crippen molar-refractivity contribution in [2.75, 3.05) is 7.11 Å². The Labute approximate surface area is 77.0 Å². The molecule has 0 aliphatic heterocycles. The summed E-state index contributed by atoms with van der Waals surface area (Å²) in [6.07, 6.45) is 0. The summed E-state index contributed by atoms with van der Waals surface area (Å²) in [5.41, 5.74) is 1.57. The lowest BCUT2D eigenvalue weighted by Crippen LogP contribution is -1.95. The van der Waals surface area contributed by atoms with Gasteiger partial charge in [0.2, 0.25) is 5.12 Å². The zero-order valence-electron chi connectivity index (χ0n) is 7.00. The van der Waals surface area contributed by atoms with Gasteiger partial charge in [-0.3, -0.25) is 4.79 Å². The second kappa shape index (κ2) is 3.63. The van der Waals surface area contributed by atoms with Crippen molar-refractivity contribution in [2.45, 2.75) is 6.92 Å². The number of carbonyl (C=O) groups excluding carboxylic acids is 1. The van der Waals surface area contributed by atoms with E-state index in [1.165, 1.54) is 7.11 Å². The Morgan fingerprint density at radius 3 is 2.67 bits per heavy atom. The first-order valence-corrected chi connectivity index (χ1v) is 3.98. The highest BCUT2D eigenvalue weighted by molar-refractivity contribution is 7.97. The summed E-state index contributed by atoms with van der Waals surface area (Å²) in [7, 11) is 1.54. The van der Waals surface area contributed by atoms with Crippen LogP contribution in [0.2, 0.25) is 0 Å². The van der Waals surface area contributed by atoms with Gasteiger partial charge in [0.25, 0.3) is 0 Å². The van der Waals surface area contributed by atoms with Gasteiger partial charge in [0.15, 0.2) is 0 Å². The standard InChI is InChI=1S/C9H10O2S/c1-6-3-4-7(9(10)12)8(5-6)11-2/h3-5H,1-2H3,(H,10,12). The lowest BCUT2D eigenvalue weighted by Gasteiger charge is -2.05. The summed E-state index contributed by atoms with van der Waals surface area (Å²) >= 11 is 3.73. The third-order valence-electron chi connectivity index (χ3n) is 1.59. The first-order valence-electron chi connectivity index (χ1n) is 3.53. The van der Waals surface area contributed by atoms with E-state index >= 15 is 0 Å². The van der Waals surface area contributed by atoms with Crippen molar-refractivity contribution < 1.29 is 9.53 Å². The number of thiol groups is 1. The molecule has 1 rings (SSSR count). The van der Waals surface area contributed by atoms with Crippen LogP contribution in [0.25, 0.3) is 0 Å². The fraction of sp³-hybridized carbons (Fsp3) is 0.222. The number of benzene rings is 1. The van der Waals surface area contributed by atoms with Gasteiger partial charge < -0.3 is 4.74 Å². The predicted octanol–water partition coefficient (Wildman–Crippen LogP) is 2.07. The molecule has 0 bridgehead atoms. The molecule has 0 heterocycles. The molecule has 0 spiro atoms. The van der Waals surface area contributed by atoms with Crippen molar-refractivity contribution in [1.29, 1.82) is 0 Å². The summed E-state index contributed by atoms with van der Waals surface area (Å²) in [5, 5.41) is -0.271. The van der Waals surface area contributed by atoms with Crippen LogP contribution in [0.3, 0.4) is 0 Å². The average molecular weight is 182 g/mol. The summed E-state index contributed by atoms with van der Waals surface area (Å²) in [6, 6.07) is 5.37. The highest BCUT2D eigenvalue weighted by Gasteiger charge is 2.07. The zero-order valence-corrected chi connectivity index (χ0v) is 7.89. The molecule has 1 aromatic carbocycles. The van der Waals surface area contributed by atoms with Gasteiger partial charge in [0, 0.05) is 0 Å². The van der Waals surface area contributed by atoms with E-state index in [0.717, 1.165) is 5.56 Å². The van der Waals surface area contributed by atoms with Crippen molar-refractivity contribution in [2.24, 2.45) is 0 Å². The van der Waals surface area contributed by atoms with Crippen LogP contribution in [-0.4, -0.2) is 12.2 Å². The fourth-order valence-electron chi connectivity index (χ4n) is 0.975. The molecule has 0 atom stereocenters. The van der Waals surface area contributed by atoms with Crippen LogP contribution in [-0.2, 0) is 0 Å². The number of hydrogen-bond donors (Lipinski definition) is 1. The van der Waals surface area contributed by atoms with Crippen LogP contribution in [0.15, 0.2) is 18.2 Å². The van der Waals surface area contributed by atoms with Gasteiger partial charge in [-0.25, -0.2) is 0 Å². The van der Waals surface area contributed by atoms with Crippen LogP contribution in [0.4, 0.5) is 0 Å². The van der Waals surface area contributed by atoms with Gasteiger partial charge in [-0.05, 0) is 24.6 Å². The van der Waals surface area contributed by atoms with E-state index < -0.39 is 0 Å². The number of aryl methyl sites for hydroxylation is 1. The van der Waals surface area contributed by atoms with Crippen molar-refractivity contribution in [3.8, 4) is 5.75 Å². The van der Waals surface area contributed by atoms with Crippen molar-refractivity contribution >= 4 is 17.7 Å². The van der Waals surface area contributed by atoms with E-state index in [1.54, 1.807) is 6.07 Å². The van der Waals surface area contributed by atoms with Gasteiger partial charge in [0.1, 0.15) is 5.75 Å². The molecule has 0 fully saturated rings. The second-order valence-corrected chi connectivity index (χ2v) is 2.92. The Bertz CT molecular complexity index is 307. The third-order valence-corrected chi connectivity index (χ3v) is 1.83. The minimum atomic E-state index is -0.271. The van der Waals surface area contributed by atoms with Gasteiger partial charge >= 0.3 is 0 Å². The first kappa shape index (κ1) is 9.13. The number of ether oxygens (including phenoxy) is 1. The number of carbonyl (C=O) groups is 1. The van der Waals surface area contributed by atoms with E-state index in [1.807, 2.05) is 19.1 Å². The Hall–Kier alpha value is -0.960. The Kier molecular flexibility index (Phi) is 2.76. The predicted molar refractivity (Wildman–Crippen MR) is 51.0 cm³/mol. The first-order chi connectivity index (χ1) is 5.65. The molecule has 0 aromatic heterocycles. The van der Waals surface area contributed by atoms with E-state index in [0.29, 0.717) is 11.3 Å². The van der Waals surface area contributed by atoms with Crippen molar-refractivity contribution in [3.63, 3.8) is 0 Å². The Morgan fingerprint density at radius 2 is 2.17 bits per heavy atom. The largest absolute Gasteiger partial charge is 0.496 e. The molecular formula is C9H10O2S. The molecule has 0 unspecified atom stereocenters. The maximum absolute atomic E-state index is 10.9. The van der Waals surface area contributed by atoms with Gasteiger partial charge in [-0.1, -0.05) is 6.07 Å². The van der Waals surface area contributed by atoms with E-state index in [9.17, 15) is 4.79 Å². The molecule has 0 N–H and O–H groups in total. The van der Waals surface area contributed by atoms with Crippen LogP contribution >= 0.6 is 12.6 Å². The van der Waals surface area contributed by atoms with Gasteiger partial charge in [-0.2, -0.15) is 0 Å². The monoisotopic (exact) mass is 182 g/mol. The average Bonchev–Trinajstić information content (AvgIpc) is 2.03. The minimum Gasteiger partial charge on any atom is -0.496 e. The fourth-order valence-corrected chi connectivity index (χ4v) is 1.16. The van der Waals surface area contributed by atoms with Crippen molar-refractivity contribution in [3.05, 3.63) is 29.3 Å². The molecule has 0 amide bonds. The minimum absolute atomic E-state index is 0.271. The Balaban J connectivity index is 3.20. The highest BCUT2D eigenvalue weighted by atomic mass is 32.1. The van der Waals surface area contributed by atoms with E-state index in [4.69, 9.17) is 4.74 Å². The molecule has 1 aromatic rings. The summed E-state index contributed by atoms with van der Waals surface area (Å²) in [5.74, 6) is 0.579. The van der Waals surface area contributed by atoms with Gasteiger partial charge in [0.05, 0.1) is 12.7 Å². The van der Waals surface area contributed by atoms with E-state index in [2.05, 4.69) is 12.6 Å². The lowest BCUT2D eigenvalue weighted by atomic mass is 10.1. The lowest BCUT2D eigenvalue weighted by molar-refractivity contribution is 0.108. The molecule has 0 aliphatic carbocycles. The van der Waals surface area contributed by atoms with Gasteiger partial charge in [-0.15, -0.1) is 12.6 Å². The number of rotatable bonds is 2. The van der Waals surface area contributed by atoms with E-state index in [-0.39, 0.29) is 5.12 Å². The number of methoxy groups -OCH3 is 1. The topological polar surface area (TPSA) is 26.3 Å². The highest BCUT2D eigenvalue weighted by Crippen LogP contribution is 2.20. The molecule has 64 valence electrons. The van der Waals surface area contributed by atoms with Crippen LogP contribution in [0.1, 0.15) is 15.9 Å². The third kappa shape index (κ3) is 1.80. The molecule has 3 heteroatoms.